The Morgan fingerprint density at radius 3 is 2.52 bits per heavy atom. The zero-order chi connectivity index (χ0) is 15.2. The second-order valence-corrected chi connectivity index (χ2v) is 9.40. The molecule has 0 radical (unpaired) electrons. The normalized spacial score (nSPS) is 51.1. The van der Waals surface area contributed by atoms with Crippen LogP contribution in [0.5, 0.6) is 0 Å². The molecule has 4 rings (SSSR count). The van der Waals surface area contributed by atoms with Crippen LogP contribution < -0.4 is 0 Å². The first-order chi connectivity index (χ1) is 9.75. The monoisotopic (exact) mass is 286 g/mol. The summed E-state index contributed by atoms with van der Waals surface area (Å²) in [5.41, 5.74) is 3.78. The maximum absolute atomic E-state index is 12.3. The average molecular weight is 286 g/mol. The minimum Gasteiger partial charge on any atom is -0.294 e. The van der Waals surface area contributed by atoms with E-state index < -0.39 is 0 Å². The van der Waals surface area contributed by atoms with Crippen molar-refractivity contribution >= 4 is 5.78 Å². The molecule has 0 aromatic rings. The predicted molar refractivity (Wildman–Crippen MR) is 85.9 cm³/mol. The third kappa shape index (κ3) is 1.33. The lowest BCUT2D eigenvalue weighted by atomic mass is 9.45. The van der Waals surface area contributed by atoms with Crippen molar-refractivity contribution < 1.29 is 4.79 Å². The summed E-state index contributed by atoms with van der Waals surface area (Å²) >= 11 is 0. The molecule has 0 aliphatic heterocycles. The minimum atomic E-state index is 0.197. The molecule has 0 heterocycles. The van der Waals surface area contributed by atoms with E-state index in [2.05, 4.69) is 34.6 Å². The molecule has 0 amide bonds. The van der Waals surface area contributed by atoms with Gasteiger partial charge in [-0.05, 0) is 67.6 Å². The second kappa shape index (κ2) is 3.84. The first kappa shape index (κ1) is 14.0. The molecule has 4 aliphatic rings. The summed E-state index contributed by atoms with van der Waals surface area (Å²) in [7, 11) is 0. The van der Waals surface area contributed by atoms with Crippen LogP contribution >= 0.6 is 0 Å². The van der Waals surface area contributed by atoms with E-state index in [-0.39, 0.29) is 5.41 Å². The number of carbonyl (C=O) groups is 1. The molecule has 116 valence electrons. The molecule has 0 aromatic carbocycles. The summed E-state index contributed by atoms with van der Waals surface area (Å²) in [4.78, 5) is 12.3. The molecule has 1 heteroatoms. The molecule has 4 aliphatic carbocycles. The highest BCUT2D eigenvalue weighted by Crippen LogP contribution is 2.76. The number of hydrogen-bond acceptors (Lipinski definition) is 1. The van der Waals surface area contributed by atoms with Gasteiger partial charge in [0.2, 0.25) is 0 Å². The van der Waals surface area contributed by atoms with E-state index in [1.807, 2.05) is 0 Å². The van der Waals surface area contributed by atoms with E-state index in [1.165, 1.54) is 36.8 Å². The number of ketones is 1. The highest BCUT2D eigenvalue weighted by atomic mass is 16.1. The van der Waals surface area contributed by atoms with Gasteiger partial charge in [0, 0.05) is 17.4 Å². The maximum atomic E-state index is 12.3. The Kier molecular flexibility index (Phi) is 2.56. The van der Waals surface area contributed by atoms with E-state index in [0.29, 0.717) is 16.6 Å². The number of rotatable bonds is 0. The lowest BCUT2D eigenvalue weighted by Gasteiger charge is -2.58. The SMILES string of the molecule is CC1=C2C(=O)C[C@@]2(C)[C@@H]2C[C@@H]3CC[C@@H](C)[C@@]2(CC1)C3(C)C. The largest absolute Gasteiger partial charge is 0.294 e. The Labute approximate surface area is 129 Å². The minimum absolute atomic E-state index is 0.197. The Balaban J connectivity index is 1.91. The van der Waals surface area contributed by atoms with Crippen molar-refractivity contribution in [1.82, 2.24) is 0 Å². The Hall–Kier alpha value is -0.590. The molecule has 0 N–H and O–H groups in total. The van der Waals surface area contributed by atoms with Gasteiger partial charge in [0.15, 0.2) is 5.78 Å². The van der Waals surface area contributed by atoms with Crippen LogP contribution in [0.1, 0.15) is 73.1 Å². The summed E-state index contributed by atoms with van der Waals surface area (Å²) in [6.45, 7) is 12.3. The average Bonchev–Trinajstić information content (AvgIpc) is 2.47. The van der Waals surface area contributed by atoms with Gasteiger partial charge in [-0.15, -0.1) is 0 Å². The first-order valence-electron chi connectivity index (χ1n) is 8.98. The molecular weight excluding hydrogens is 256 g/mol. The second-order valence-electron chi connectivity index (χ2n) is 9.40. The predicted octanol–water partition coefficient (Wildman–Crippen LogP) is 5.15. The molecule has 1 spiro atoms. The van der Waals surface area contributed by atoms with Gasteiger partial charge in [-0.1, -0.05) is 33.3 Å². The van der Waals surface area contributed by atoms with Crippen molar-refractivity contribution in [2.45, 2.75) is 73.1 Å². The van der Waals surface area contributed by atoms with Crippen LogP contribution in [0, 0.1) is 34.0 Å². The van der Waals surface area contributed by atoms with E-state index in [9.17, 15) is 4.79 Å². The standard InChI is InChI=1S/C20H30O/c1-12-8-9-20-13(2)6-7-14(18(20,3)4)10-16(20)19(5)11-15(21)17(12)19/h13-14,16H,6-11H2,1-5H3/t13-,14+,16+,19+,20-/m1/s1. The number of carbonyl (C=O) groups excluding carboxylic acids is 1. The summed E-state index contributed by atoms with van der Waals surface area (Å²) in [6.07, 6.45) is 7.49. The number of hydrogen-bond donors (Lipinski definition) is 0. The van der Waals surface area contributed by atoms with Crippen LogP contribution in [-0.4, -0.2) is 5.78 Å². The molecular formula is C20H30O. The number of Topliss-reactive ketones (excluding diaryl/α,β-unsaturated/α-hetero) is 1. The Bertz CT molecular complexity index is 554. The Morgan fingerprint density at radius 2 is 1.86 bits per heavy atom. The van der Waals surface area contributed by atoms with E-state index in [0.717, 1.165) is 30.6 Å². The topological polar surface area (TPSA) is 17.1 Å². The highest BCUT2D eigenvalue weighted by Gasteiger charge is 2.70. The van der Waals surface area contributed by atoms with Crippen LogP contribution in [-0.2, 0) is 4.79 Å². The summed E-state index contributed by atoms with van der Waals surface area (Å²) < 4.78 is 0. The fraction of sp³-hybridized carbons (Fsp3) is 0.850. The summed E-state index contributed by atoms with van der Waals surface area (Å²) in [6, 6.07) is 0. The van der Waals surface area contributed by atoms with Crippen molar-refractivity contribution in [3.8, 4) is 0 Å². The van der Waals surface area contributed by atoms with Gasteiger partial charge in [-0.2, -0.15) is 0 Å². The maximum Gasteiger partial charge on any atom is 0.160 e. The van der Waals surface area contributed by atoms with Crippen LogP contribution in [0.25, 0.3) is 0 Å². The molecule has 0 unspecified atom stereocenters. The summed E-state index contributed by atoms with van der Waals surface area (Å²) in [5, 5.41) is 0. The molecule has 1 nitrogen and oxygen atoms in total. The number of allylic oxidation sites excluding steroid dienone is 2. The smallest absolute Gasteiger partial charge is 0.160 e. The zero-order valence-electron chi connectivity index (χ0n) is 14.4. The van der Waals surface area contributed by atoms with Gasteiger partial charge in [-0.25, -0.2) is 0 Å². The fourth-order valence-electron chi connectivity index (χ4n) is 7.62. The van der Waals surface area contributed by atoms with Crippen LogP contribution in [0.2, 0.25) is 0 Å². The van der Waals surface area contributed by atoms with Gasteiger partial charge < -0.3 is 0 Å². The highest BCUT2D eigenvalue weighted by molar-refractivity contribution is 6.05. The molecule has 5 atom stereocenters. The zero-order valence-corrected chi connectivity index (χ0v) is 14.4. The van der Waals surface area contributed by atoms with Crippen molar-refractivity contribution in [1.29, 1.82) is 0 Å². The van der Waals surface area contributed by atoms with E-state index >= 15 is 0 Å². The van der Waals surface area contributed by atoms with Crippen LogP contribution in [0.15, 0.2) is 11.1 Å². The van der Waals surface area contributed by atoms with Crippen molar-refractivity contribution in [2.75, 3.05) is 0 Å². The van der Waals surface area contributed by atoms with Crippen molar-refractivity contribution in [3.63, 3.8) is 0 Å². The quantitative estimate of drug-likeness (QED) is 0.601. The number of fused-ring (bicyclic) bond motifs is 3. The molecule has 21 heavy (non-hydrogen) atoms. The molecule has 0 saturated heterocycles. The van der Waals surface area contributed by atoms with Gasteiger partial charge in [-0.3, -0.25) is 4.79 Å². The Morgan fingerprint density at radius 1 is 1.14 bits per heavy atom. The lowest BCUT2D eigenvalue weighted by molar-refractivity contribution is -0.132. The van der Waals surface area contributed by atoms with Gasteiger partial charge in [0.05, 0.1) is 0 Å². The molecule has 3 fully saturated rings. The van der Waals surface area contributed by atoms with E-state index in [1.54, 1.807) is 0 Å². The third-order valence-electron chi connectivity index (χ3n) is 8.68. The molecule has 0 aromatic heterocycles. The lowest BCUT2D eigenvalue weighted by Crippen LogP contribution is -2.54. The van der Waals surface area contributed by atoms with Crippen LogP contribution in [0.4, 0.5) is 0 Å². The summed E-state index contributed by atoms with van der Waals surface area (Å²) in [5.74, 6) is 2.90. The van der Waals surface area contributed by atoms with Crippen LogP contribution in [0.3, 0.4) is 0 Å². The molecule has 3 saturated carbocycles. The van der Waals surface area contributed by atoms with E-state index in [4.69, 9.17) is 0 Å². The van der Waals surface area contributed by atoms with Gasteiger partial charge in [0.1, 0.15) is 0 Å². The van der Waals surface area contributed by atoms with Gasteiger partial charge in [0.25, 0.3) is 0 Å². The van der Waals surface area contributed by atoms with Gasteiger partial charge >= 0.3 is 0 Å². The molecule has 2 bridgehead atoms. The third-order valence-corrected chi connectivity index (χ3v) is 8.68. The fourth-order valence-corrected chi connectivity index (χ4v) is 7.62. The van der Waals surface area contributed by atoms with Crippen molar-refractivity contribution in [2.24, 2.45) is 34.0 Å². The first-order valence-corrected chi connectivity index (χ1v) is 8.98. The van der Waals surface area contributed by atoms with Crippen molar-refractivity contribution in [3.05, 3.63) is 11.1 Å².